The van der Waals surface area contributed by atoms with Gasteiger partial charge in [0.25, 0.3) is 0 Å². The highest BCUT2D eigenvalue weighted by molar-refractivity contribution is 6.35. The van der Waals surface area contributed by atoms with Gasteiger partial charge in [0.15, 0.2) is 0 Å². The van der Waals surface area contributed by atoms with E-state index < -0.39 is 0 Å². The van der Waals surface area contributed by atoms with Crippen molar-refractivity contribution in [2.24, 2.45) is 0 Å². The molecule has 2 rings (SSSR count). The molecule has 4 nitrogen and oxygen atoms in total. The predicted molar refractivity (Wildman–Crippen MR) is 89.5 cm³/mol. The Kier molecular flexibility index (Phi) is 6.08. The quantitative estimate of drug-likeness (QED) is 0.798. The van der Waals surface area contributed by atoms with E-state index in [0.717, 1.165) is 43.1 Å². The Morgan fingerprint density at radius 3 is 2.38 bits per heavy atom. The summed E-state index contributed by atoms with van der Waals surface area (Å²) in [6.07, 6.45) is 3.41. The summed E-state index contributed by atoms with van der Waals surface area (Å²) in [6.45, 7) is 3.76. The minimum atomic E-state index is 0.652. The lowest BCUT2D eigenvalue weighted by atomic mass is 10.1. The van der Waals surface area contributed by atoms with Gasteiger partial charge in [0.2, 0.25) is 0 Å². The molecule has 0 unspecified atom stereocenters. The van der Waals surface area contributed by atoms with Gasteiger partial charge in [0, 0.05) is 29.2 Å². The van der Waals surface area contributed by atoms with Crippen molar-refractivity contribution in [3.63, 3.8) is 0 Å². The zero-order chi connectivity index (χ0) is 15.1. The van der Waals surface area contributed by atoms with Crippen molar-refractivity contribution in [2.75, 3.05) is 23.7 Å². The minimum Gasteiger partial charge on any atom is -0.370 e. The van der Waals surface area contributed by atoms with Crippen molar-refractivity contribution in [3.05, 3.63) is 46.2 Å². The third-order valence-electron chi connectivity index (χ3n) is 2.94. The molecule has 21 heavy (non-hydrogen) atoms. The third kappa shape index (κ3) is 5.06. The molecule has 0 atom stereocenters. The fourth-order valence-corrected chi connectivity index (χ4v) is 2.36. The van der Waals surface area contributed by atoms with Crippen LogP contribution in [0.4, 0.5) is 11.6 Å². The van der Waals surface area contributed by atoms with Gasteiger partial charge >= 0.3 is 0 Å². The summed E-state index contributed by atoms with van der Waals surface area (Å²) in [5.41, 5.74) is 1.06. The van der Waals surface area contributed by atoms with E-state index in [1.807, 2.05) is 18.2 Å². The molecule has 0 spiro atoms. The van der Waals surface area contributed by atoms with Gasteiger partial charge in [-0.1, -0.05) is 36.2 Å². The lowest BCUT2D eigenvalue weighted by Gasteiger charge is -2.09. The highest BCUT2D eigenvalue weighted by Gasteiger charge is 2.02. The van der Waals surface area contributed by atoms with Gasteiger partial charge < -0.3 is 10.6 Å². The second-order valence-electron chi connectivity index (χ2n) is 4.63. The van der Waals surface area contributed by atoms with Crippen LogP contribution in [-0.4, -0.2) is 23.1 Å². The molecule has 0 radical (unpaired) electrons. The maximum Gasteiger partial charge on any atom is 0.131 e. The summed E-state index contributed by atoms with van der Waals surface area (Å²) in [4.78, 5) is 8.37. The van der Waals surface area contributed by atoms with E-state index in [1.165, 1.54) is 0 Å². The summed E-state index contributed by atoms with van der Waals surface area (Å²) < 4.78 is 0. The highest BCUT2D eigenvalue weighted by atomic mass is 35.5. The van der Waals surface area contributed by atoms with Gasteiger partial charge in [0.05, 0.1) is 0 Å². The van der Waals surface area contributed by atoms with Crippen LogP contribution in [-0.2, 0) is 6.42 Å². The highest BCUT2D eigenvalue weighted by Crippen LogP contribution is 2.21. The van der Waals surface area contributed by atoms with Gasteiger partial charge in [-0.2, -0.15) is 0 Å². The first-order valence-electron chi connectivity index (χ1n) is 6.92. The summed E-state index contributed by atoms with van der Waals surface area (Å²) in [7, 11) is 0. The smallest absolute Gasteiger partial charge is 0.131 e. The van der Waals surface area contributed by atoms with Gasteiger partial charge in [0.1, 0.15) is 18.0 Å². The molecule has 1 aromatic carbocycles. The average Bonchev–Trinajstić information content (AvgIpc) is 2.48. The molecule has 0 amide bonds. The molecule has 0 aliphatic rings. The Morgan fingerprint density at radius 2 is 1.71 bits per heavy atom. The van der Waals surface area contributed by atoms with E-state index in [1.54, 1.807) is 12.4 Å². The topological polar surface area (TPSA) is 49.8 Å². The standard InChI is InChI=1S/C15H18Cl2N4/c1-2-6-18-14-9-15(21-10-20-14)19-7-5-11-3-4-12(16)8-13(11)17/h3-4,8-10H,2,5-7H2,1H3,(H2,18,19,20,21). The number of benzene rings is 1. The van der Waals surface area contributed by atoms with Crippen molar-refractivity contribution in [3.8, 4) is 0 Å². The van der Waals surface area contributed by atoms with E-state index >= 15 is 0 Å². The normalized spacial score (nSPS) is 10.4. The number of hydrogen-bond donors (Lipinski definition) is 2. The number of nitrogens with one attached hydrogen (secondary N) is 2. The van der Waals surface area contributed by atoms with Gasteiger partial charge in [-0.3, -0.25) is 0 Å². The SMILES string of the molecule is CCCNc1cc(NCCc2ccc(Cl)cc2Cl)ncn1. The van der Waals surface area contributed by atoms with Crippen molar-refractivity contribution in [1.29, 1.82) is 0 Å². The minimum absolute atomic E-state index is 0.652. The number of rotatable bonds is 7. The molecule has 2 N–H and O–H groups in total. The maximum atomic E-state index is 6.15. The number of nitrogens with zero attached hydrogens (tertiary/aromatic N) is 2. The Hall–Kier alpha value is -1.52. The van der Waals surface area contributed by atoms with Crippen molar-refractivity contribution >= 4 is 34.8 Å². The molecular weight excluding hydrogens is 307 g/mol. The van der Waals surface area contributed by atoms with E-state index in [4.69, 9.17) is 23.2 Å². The van der Waals surface area contributed by atoms with E-state index in [0.29, 0.717) is 10.0 Å². The Morgan fingerprint density at radius 1 is 1.00 bits per heavy atom. The molecule has 0 aliphatic carbocycles. The van der Waals surface area contributed by atoms with E-state index in [2.05, 4.69) is 27.5 Å². The van der Waals surface area contributed by atoms with Crippen LogP contribution in [0.15, 0.2) is 30.6 Å². The van der Waals surface area contributed by atoms with E-state index in [-0.39, 0.29) is 0 Å². The molecule has 0 saturated carbocycles. The average molecular weight is 325 g/mol. The van der Waals surface area contributed by atoms with Crippen LogP contribution in [0.3, 0.4) is 0 Å². The monoisotopic (exact) mass is 324 g/mol. The Labute approximate surface area is 134 Å². The molecular formula is C15H18Cl2N4. The fraction of sp³-hybridized carbons (Fsp3) is 0.333. The zero-order valence-electron chi connectivity index (χ0n) is 11.9. The fourth-order valence-electron chi connectivity index (χ4n) is 1.85. The molecule has 2 aromatic rings. The second-order valence-corrected chi connectivity index (χ2v) is 5.47. The lowest BCUT2D eigenvalue weighted by Crippen LogP contribution is -2.08. The van der Waals surface area contributed by atoms with Crippen molar-refractivity contribution in [2.45, 2.75) is 19.8 Å². The first-order valence-corrected chi connectivity index (χ1v) is 7.68. The van der Waals surface area contributed by atoms with Gasteiger partial charge in [-0.05, 0) is 30.5 Å². The van der Waals surface area contributed by atoms with Crippen LogP contribution in [0.2, 0.25) is 10.0 Å². The lowest BCUT2D eigenvalue weighted by molar-refractivity contribution is 0.960. The van der Waals surface area contributed by atoms with Gasteiger partial charge in [-0.25, -0.2) is 9.97 Å². The summed E-state index contributed by atoms with van der Waals surface area (Å²) in [5, 5.41) is 7.84. The van der Waals surface area contributed by atoms with Crippen LogP contribution in [0, 0.1) is 0 Å². The molecule has 112 valence electrons. The largest absolute Gasteiger partial charge is 0.370 e. The summed E-state index contributed by atoms with van der Waals surface area (Å²) in [6, 6.07) is 7.45. The van der Waals surface area contributed by atoms with Crippen LogP contribution in [0.25, 0.3) is 0 Å². The predicted octanol–water partition coefficient (Wildman–Crippen LogP) is 4.26. The van der Waals surface area contributed by atoms with Crippen LogP contribution in [0.1, 0.15) is 18.9 Å². The molecule has 0 saturated heterocycles. The Bertz CT molecular complexity index is 590. The van der Waals surface area contributed by atoms with Crippen molar-refractivity contribution < 1.29 is 0 Å². The molecule has 1 heterocycles. The first-order chi connectivity index (χ1) is 10.2. The third-order valence-corrected chi connectivity index (χ3v) is 3.53. The number of aromatic nitrogens is 2. The first kappa shape index (κ1) is 15.9. The molecule has 6 heteroatoms. The zero-order valence-corrected chi connectivity index (χ0v) is 13.4. The van der Waals surface area contributed by atoms with Gasteiger partial charge in [-0.15, -0.1) is 0 Å². The second kappa shape index (κ2) is 8.05. The summed E-state index contributed by atoms with van der Waals surface area (Å²) >= 11 is 12.0. The molecule has 0 aliphatic heterocycles. The molecule has 0 fully saturated rings. The number of halogens is 2. The summed E-state index contributed by atoms with van der Waals surface area (Å²) in [5.74, 6) is 1.63. The van der Waals surface area contributed by atoms with Crippen LogP contribution < -0.4 is 10.6 Å². The molecule has 0 bridgehead atoms. The van der Waals surface area contributed by atoms with E-state index in [9.17, 15) is 0 Å². The van der Waals surface area contributed by atoms with Crippen LogP contribution >= 0.6 is 23.2 Å². The van der Waals surface area contributed by atoms with Crippen molar-refractivity contribution in [1.82, 2.24) is 9.97 Å². The maximum absolute atomic E-state index is 6.15. The number of hydrogen-bond acceptors (Lipinski definition) is 4. The molecule has 1 aromatic heterocycles. The number of anilines is 2. The Balaban J connectivity index is 1.88. The van der Waals surface area contributed by atoms with Crippen LogP contribution in [0.5, 0.6) is 0 Å².